The zero-order valence-electron chi connectivity index (χ0n) is 16.3. The van der Waals surface area contributed by atoms with Crippen LogP contribution in [0, 0.1) is 0 Å². The molecule has 3 aliphatic heterocycles. The summed E-state index contributed by atoms with van der Waals surface area (Å²) in [6, 6.07) is 0.0847. The van der Waals surface area contributed by atoms with Gasteiger partial charge in [-0.3, -0.25) is 19.4 Å². The van der Waals surface area contributed by atoms with E-state index in [2.05, 4.69) is 10.2 Å². The highest BCUT2D eigenvalue weighted by Crippen LogP contribution is 2.39. The van der Waals surface area contributed by atoms with Crippen LogP contribution in [0.1, 0.15) is 38.5 Å². The average Bonchev–Trinajstić information content (AvgIpc) is 3.26. The molecule has 1 unspecified atom stereocenters. The van der Waals surface area contributed by atoms with Crippen LogP contribution in [0.25, 0.3) is 0 Å². The first-order valence-electron chi connectivity index (χ1n) is 10.4. The van der Waals surface area contributed by atoms with E-state index >= 15 is 0 Å². The molecule has 3 saturated heterocycles. The lowest BCUT2D eigenvalue weighted by Gasteiger charge is -2.35. The van der Waals surface area contributed by atoms with E-state index in [4.69, 9.17) is 0 Å². The fraction of sp³-hybridized carbons (Fsp3) is 0.842. The standard InChI is InChI=1S/C19H31N5O3/c1-21-18(27)24(17(26)19(21)6-3-2-4-7-19)14-16(25)23-10-5-15(13-23)22-11-8-20-9-12-22/h15,20H,2-14H2,1H3. The van der Waals surface area contributed by atoms with Gasteiger partial charge in [-0.1, -0.05) is 19.3 Å². The number of carbonyl (C=O) groups is 3. The van der Waals surface area contributed by atoms with Gasteiger partial charge in [0.25, 0.3) is 5.91 Å². The molecule has 4 aliphatic rings. The number of nitrogens with zero attached hydrogens (tertiary/aromatic N) is 4. The second kappa shape index (κ2) is 7.39. The normalized spacial score (nSPS) is 29.2. The topological polar surface area (TPSA) is 76.2 Å². The molecule has 0 aromatic carbocycles. The number of likely N-dealkylation sites (tertiary alicyclic amines) is 1. The van der Waals surface area contributed by atoms with Crippen molar-refractivity contribution in [2.45, 2.75) is 50.1 Å². The molecular weight excluding hydrogens is 346 g/mol. The van der Waals surface area contributed by atoms with Crippen molar-refractivity contribution in [3.8, 4) is 0 Å². The number of nitrogens with one attached hydrogen (secondary N) is 1. The Balaban J connectivity index is 1.38. The number of imide groups is 1. The molecule has 8 nitrogen and oxygen atoms in total. The summed E-state index contributed by atoms with van der Waals surface area (Å²) in [5.41, 5.74) is -0.704. The molecule has 1 saturated carbocycles. The largest absolute Gasteiger partial charge is 0.340 e. The summed E-state index contributed by atoms with van der Waals surface area (Å²) < 4.78 is 0. The van der Waals surface area contributed by atoms with E-state index in [1.807, 2.05) is 4.90 Å². The van der Waals surface area contributed by atoms with E-state index in [0.29, 0.717) is 32.0 Å². The van der Waals surface area contributed by atoms with Gasteiger partial charge in [0, 0.05) is 52.4 Å². The number of amides is 4. The van der Waals surface area contributed by atoms with Gasteiger partial charge in [0.1, 0.15) is 12.1 Å². The Morgan fingerprint density at radius 3 is 2.52 bits per heavy atom. The van der Waals surface area contributed by atoms with Gasteiger partial charge in [0.2, 0.25) is 5.91 Å². The highest BCUT2D eigenvalue weighted by Gasteiger charge is 2.56. The van der Waals surface area contributed by atoms with E-state index in [-0.39, 0.29) is 24.4 Å². The highest BCUT2D eigenvalue weighted by atomic mass is 16.2. The minimum atomic E-state index is -0.704. The number of piperazine rings is 1. The Morgan fingerprint density at radius 2 is 1.81 bits per heavy atom. The number of hydrogen-bond donors (Lipinski definition) is 1. The van der Waals surface area contributed by atoms with Crippen molar-refractivity contribution in [1.82, 2.24) is 24.9 Å². The highest BCUT2D eigenvalue weighted by molar-refractivity contribution is 6.08. The summed E-state index contributed by atoms with van der Waals surface area (Å²) >= 11 is 0. The van der Waals surface area contributed by atoms with Crippen LogP contribution in [-0.4, -0.2) is 102 Å². The van der Waals surface area contributed by atoms with E-state index in [0.717, 1.165) is 51.9 Å². The van der Waals surface area contributed by atoms with Crippen molar-refractivity contribution < 1.29 is 14.4 Å². The van der Waals surface area contributed by atoms with Gasteiger partial charge in [-0.05, 0) is 19.3 Å². The van der Waals surface area contributed by atoms with Crippen molar-refractivity contribution >= 4 is 17.8 Å². The molecule has 4 rings (SSSR count). The predicted octanol–water partition coefficient (Wildman–Crippen LogP) is 0.0894. The van der Waals surface area contributed by atoms with Gasteiger partial charge in [-0.25, -0.2) is 4.79 Å². The molecule has 4 fully saturated rings. The van der Waals surface area contributed by atoms with Crippen LogP contribution in [0.15, 0.2) is 0 Å². The van der Waals surface area contributed by atoms with Crippen molar-refractivity contribution in [2.75, 3.05) is 52.9 Å². The molecule has 1 atom stereocenters. The number of rotatable bonds is 3. The van der Waals surface area contributed by atoms with E-state index in [1.165, 1.54) is 4.90 Å². The monoisotopic (exact) mass is 377 g/mol. The summed E-state index contributed by atoms with van der Waals surface area (Å²) in [7, 11) is 1.71. The summed E-state index contributed by atoms with van der Waals surface area (Å²) in [4.78, 5) is 45.6. The first-order chi connectivity index (χ1) is 13.0. The lowest BCUT2D eigenvalue weighted by molar-refractivity contribution is -0.140. The SMILES string of the molecule is CN1C(=O)N(CC(=O)N2CCC(N3CCNCC3)C2)C(=O)C12CCCCC2. The van der Waals surface area contributed by atoms with Crippen LogP contribution in [0.3, 0.4) is 0 Å². The molecule has 4 amide bonds. The molecule has 1 spiro atoms. The lowest BCUT2D eigenvalue weighted by atomic mass is 9.81. The summed E-state index contributed by atoms with van der Waals surface area (Å²) in [5, 5.41) is 3.35. The van der Waals surface area contributed by atoms with Gasteiger partial charge in [0.15, 0.2) is 0 Å². The number of urea groups is 1. The Labute approximate surface area is 160 Å². The van der Waals surface area contributed by atoms with Crippen LogP contribution in [0.5, 0.6) is 0 Å². The molecule has 0 bridgehead atoms. The third kappa shape index (κ3) is 3.23. The quantitative estimate of drug-likeness (QED) is 0.706. The average molecular weight is 377 g/mol. The number of likely N-dealkylation sites (N-methyl/N-ethyl adjacent to an activating group) is 1. The third-order valence-electron chi connectivity index (χ3n) is 6.96. The molecular formula is C19H31N5O3. The van der Waals surface area contributed by atoms with Crippen LogP contribution < -0.4 is 5.32 Å². The third-order valence-corrected chi connectivity index (χ3v) is 6.96. The van der Waals surface area contributed by atoms with Crippen molar-refractivity contribution in [2.24, 2.45) is 0 Å². The lowest BCUT2D eigenvalue weighted by Crippen LogP contribution is -2.50. The minimum absolute atomic E-state index is 0.101. The van der Waals surface area contributed by atoms with Crippen molar-refractivity contribution in [1.29, 1.82) is 0 Å². The van der Waals surface area contributed by atoms with Crippen LogP contribution in [-0.2, 0) is 9.59 Å². The maximum Gasteiger partial charge on any atom is 0.327 e. The maximum absolute atomic E-state index is 13.0. The molecule has 8 heteroatoms. The smallest absolute Gasteiger partial charge is 0.327 e. The molecule has 1 N–H and O–H groups in total. The van der Waals surface area contributed by atoms with Gasteiger partial charge >= 0.3 is 6.03 Å². The molecule has 1 aliphatic carbocycles. The second-order valence-corrected chi connectivity index (χ2v) is 8.39. The Hall–Kier alpha value is -1.67. The first kappa shape index (κ1) is 18.7. The van der Waals surface area contributed by atoms with E-state index in [1.54, 1.807) is 11.9 Å². The van der Waals surface area contributed by atoms with Gasteiger partial charge in [-0.2, -0.15) is 0 Å². The number of carbonyl (C=O) groups excluding carboxylic acids is 3. The summed E-state index contributed by atoms with van der Waals surface area (Å²) in [5.74, 6) is -0.267. The van der Waals surface area contributed by atoms with Gasteiger partial charge < -0.3 is 15.1 Å². The fourth-order valence-corrected chi connectivity index (χ4v) is 5.22. The Kier molecular flexibility index (Phi) is 5.11. The zero-order chi connectivity index (χ0) is 19.0. The fourth-order valence-electron chi connectivity index (χ4n) is 5.22. The molecule has 0 aromatic rings. The van der Waals surface area contributed by atoms with E-state index in [9.17, 15) is 14.4 Å². The minimum Gasteiger partial charge on any atom is -0.340 e. The van der Waals surface area contributed by atoms with Crippen LogP contribution in [0.4, 0.5) is 4.79 Å². The van der Waals surface area contributed by atoms with Gasteiger partial charge in [0.05, 0.1) is 0 Å². The molecule has 27 heavy (non-hydrogen) atoms. The maximum atomic E-state index is 13.0. The summed E-state index contributed by atoms with van der Waals surface area (Å²) in [6.07, 6.45) is 5.43. The predicted molar refractivity (Wildman–Crippen MR) is 100 cm³/mol. The van der Waals surface area contributed by atoms with E-state index < -0.39 is 5.54 Å². The van der Waals surface area contributed by atoms with Crippen LogP contribution in [0.2, 0.25) is 0 Å². The summed E-state index contributed by atoms with van der Waals surface area (Å²) in [6.45, 7) is 5.33. The first-order valence-corrected chi connectivity index (χ1v) is 10.4. The Bertz CT molecular complexity index is 612. The van der Waals surface area contributed by atoms with Crippen molar-refractivity contribution in [3.05, 3.63) is 0 Å². The van der Waals surface area contributed by atoms with Gasteiger partial charge in [-0.15, -0.1) is 0 Å². The molecule has 3 heterocycles. The number of hydrogen-bond acceptors (Lipinski definition) is 5. The van der Waals surface area contributed by atoms with Crippen molar-refractivity contribution in [3.63, 3.8) is 0 Å². The molecule has 0 aromatic heterocycles. The molecule has 150 valence electrons. The second-order valence-electron chi connectivity index (χ2n) is 8.39. The van der Waals surface area contributed by atoms with Crippen LogP contribution >= 0.6 is 0 Å². The molecule has 0 radical (unpaired) electrons. The zero-order valence-corrected chi connectivity index (χ0v) is 16.3. The Morgan fingerprint density at radius 1 is 1.11 bits per heavy atom.